The minimum Gasteiger partial charge on any atom is -0.499 e. The minimum absolute atomic E-state index is 0.516. The number of nitrogens with one attached hydrogen (secondary N) is 1. The van der Waals surface area contributed by atoms with E-state index in [0.29, 0.717) is 85.9 Å². The Labute approximate surface area is 151 Å². The van der Waals surface area contributed by atoms with Gasteiger partial charge in [-0.1, -0.05) is 6.58 Å². The highest BCUT2D eigenvalue weighted by Gasteiger charge is 1.94. The van der Waals surface area contributed by atoms with Crippen molar-refractivity contribution in [3.63, 3.8) is 0 Å². The van der Waals surface area contributed by atoms with Crippen LogP contribution in [0.25, 0.3) is 0 Å². The maximum atomic E-state index is 5.39. The van der Waals surface area contributed by atoms with Crippen LogP contribution in [0.4, 0.5) is 0 Å². The van der Waals surface area contributed by atoms with E-state index in [4.69, 9.17) is 33.2 Å². The molecule has 0 aliphatic carbocycles. The molecule has 0 saturated heterocycles. The van der Waals surface area contributed by atoms with Crippen molar-refractivity contribution in [2.75, 3.05) is 99.5 Å². The second-order valence-electron chi connectivity index (χ2n) is 4.82. The quantitative estimate of drug-likeness (QED) is 0.219. The SMILES string of the molecule is C=COCCOCCOCCOCCOCCOCCOCCNC. The third-order valence-electron chi connectivity index (χ3n) is 2.82. The molecule has 25 heavy (non-hydrogen) atoms. The van der Waals surface area contributed by atoms with Gasteiger partial charge in [-0.3, -0.25) is 0 Å². The number of hydrogen-bond donors (Lipinski definition) is 1. The summed E-state index contributed by atoms with van der Waals surface area (Å²) in [5, 5.41) is 3.01. The molecule has 0 aromatic rings. The molecule has 0 bridgehead atoms. The minimum atomic E-state index is 0.516. The molecule has 0 spiro atoms. The fourth-order valence-corrected chi connectivity index (χ4v) is 1.57. The van der Waals surface area contributed by atoms with Gasteiger partial charge in [0.2, 0.25) is 0 Å². The van der Waals surface area contributed by atoms with E-state index < -0.39 is 0 Å². The molecule has 8 heteroatoms. The van der Waals surface area contributed by atoms with Gasteiger partial charge in [0.1, 0.15) is 6.61 Å². The van der Waals surface area contributed by atoms with Crippen molar-refractivity contribution in [1.29, 1.82) is 0 Å². The lowest BCUT2D eigenvalue weighted by molar-refractivity contribution is -0.0182. The van der Waals surface area contributed by atoms with Crippen LogP contribution >= 0.6 is 0 Å². The predicted molar refractivity (Wildman–Crippen MR) is 95.0 cm³/mol. The van der Waals surface area contributed by atoms with E-state index in [1.165, 1.54) is 6.26 Å². The Morgan fingerprint density at radius 1 is 0.560 bits per heavy atom. The maximum Gasteiger partial charge on any atom is 0.111 e. The van der Waals surface area contributed by atoms with E-state index in [-0.39, 0.29) is 0 Å². The van der Waals surface area contributed by atoms with Gasteiger partial charge < -0.3 is 38.5 Å². The Bertz CT molecular complexity index is 257. The standard InChI is InChI=1S/C17H35NO7/c1-3-19-6-7-21-10-11-23-14-15-25-17-16-24-13-12-22-9-8-20-5-4-18-2/h3,18H,1,4-17H2,2H3. The lowest BCUT2D eigenvalue weighted by atomic mass is 10.6. The molecule has 0 heterocycles. The van der Waals surface area contributed by atoms with E-state index in [1.807, 2.05) is 7.05 Å². The van der Waals surface area contributed by atoms with Gasteiger partial charge in [0.05, 0.1) is 85.5 Å². The molecule has 8 nitrogen and oxygen atoms in total. The number of hydrogen-bond acceptors (Lipinski definition) is 8. The van der Waals surface area contributed by atoms with Crippen LogP contribution in [0.1, 0.15) is 0 Å². The Morgan fingerprint density at radius 3 is 1.20 bits per heavy atom. The van der Waals surface area contributed by atoms with Gasteiger partial charge in [0.15, 0.2) is 0 Å². The van der Waals surface area contributed by atoms with E-state index >= 15 is 0 Å². The first-order valence-corrected chi connectivity index (χ1v) is 8.75. The largest absolute Gasteiger partial charge is 0.499 e. The van der Waals surface area contributed by atoms with Crippen molar-refractivity contribution < 1.29 is 33.2 Å². The van der Waals surface area contributed by atoms with Gasteiger partial charge in [-0.05, 0) is 7.05 Å². The summed E-state index contributed by atoms with van der Waals surface area (Å²) >= 11 is 0. The first-order valence-electron chi connectivity index (χ1n) is 8.75. The highest BCUT2D eigenvalue weighted by atomic mass is 16.6. The molecule has 0 saturated carbocycles. The van der Waals surface area contributed by atoms with Crippen LogP contribution in [-0.4, -0.2) is 99.5 Å². The summed E-state index contributed by atoms with van der Waals surface area (Å²) in [5.74, 6) is 0. The topological polar surface area (TPSA) is 76.6 Å². The fourth-order valence-electron chi connectivity index (χ4n) is 1.57. The summed E-state index contributed by atoms with van der Waals surface area (Å²) in [6, 6.07) is 0. The molecule has 0 unspecified atom stereocenters. The third kappa shape index (κ3) is 23.3. The molecule has 0 aromatic heterocycles. The van der Waals surface area contributed by atoms with E-state index in [0.717, 1.165) is 6.54 Å². The molecule has 0 rings (SSSR count). The van der Waals surface area contributed by atoms with Gasteiger partial charge >= 0.3 is 0 Å². The van der Waals surface area contributed by atoms with Gasteiger partial charge in [0.25, 0.3) is 0 Å². The summed E-state index contributed by atoms with van der Waals surface area (Å²) in [5.41, 5.74) is 0. The summed E-state index contributed by atoms with van der Waals surface area (Å²) in [7, 11) is 1.90. The summed E-state index contributed by atoms with van der Waals surface area (Å²) in [6.45, 7) is 11.7. The highest BCUT2D eigenvalue weighted by molar-refractivity contribution is 4.47. The molecule has 0 radical (unpaired) electrons. The van der Waals surface area contributed by atoms with Crippen molar-refractivity contribution in [2.24, 2.45) is 0 Å². The molecule has 0 aromatic carbocycles. The molecule has 0 aliphatic rings. The molecular weight excluding hydrogens is 330 g/mol. The summed E-state index contributed by atoms with van der Waals surface area (Å²) in [6.07, 6.45) is 1.40. The van der Waals surface area contributed by atoms with Crippen molar-refractivity contribution in [2.45, 2.75) is 0 Å². The Morgan fingerprint density at radius 2 is 0.880 bits per heavy atom. The van der Waals surface area contributed by atoms with Crippen LogP contribution in [0.5, 0.6) is 0 Å². The fraction of sp³-hybridized carbons (Fsp3) is 0.882. The van der Waals surface area contributed by atoms with Crippen LogP contribution in [0.15, 0.2) is 12.8 Å². The molecule has 0 atom stereocenters. The van der Waals surface area contributed by atoms with Crippen LogP contribution in [0.3, 0.4) is 0 Å². The van der Waals surface area contributed by atoms with E-state index in [1.54, 1.807) is 0 Å². The van der Waals surface area contributed by atoms with Crippen LogP contribution in [0.2, 0.25) is 0 Å². The van der Waals surface area contributed by atoms with Crippen molar-refractivity contribution in [3.8, 4) is 0 Å². The molecule has 0 amide bonds. The van der Waals surface area contributed by atoms with E-state index in [2.05, 4.69) is 11.9 Å². The van der Waals surface area contributed by atoms with E-state index in [9.17, 15) is 0 Å². The molecule has 1 N–H and O–H groups in total. The lowest BCUT2D eigenvalue weighted by Crippen LogP contribution is -2.17. The zero-order chi connectivity index (χ0) is 18.3. The maximum absolute atomic E-state index is 5.39. The van der Waals surface area contributed by atoms with Crippen molar-refractivity contribution in [1.82, 2.24) is 5.32 Å². The zero-order valence-electron chi connectivity index (χ0n) is 15.5. The van der Waals surface area contributed by atoms with Gasteiger partial charge in [-0.15, -0.1) is 0 Å². The lowest BCUT2D eigenvalue weighted by Gasteiger charge is -2.08. The first kappa shape index (κ1) is 24.3. The third-order valence-corrected chi connectivity index (χ3v) is 2.82. The van der Waals surface area contributed by atoms with Gasteiger partial charge in [-0.25, -0.2) is 0 Å². The molecule has 0 fully saturated rings. The average molecular weight is 365 g/mol. The average Bonchev–Trinajstić information content (AvgIpc) is 2.63. The summed E-state index contributed by atoms with van der Waals surface area (Å²) < 4.78 is 37.0. The second kappa shape index (κ2) is 23.3. The molecule has 150 valence electrons. The number of likely N-dealkylation sites (N-methyl/N-ethyl adjacent to an activating group) is 1. The predicted octanol–water partition coefficient (Wildman–Crippen LogP) is 0.466. The highest BCUT2D eigenvalue weighted by Crippen LogP contribution is 1.85. The normalized spacial score (nSPS) is 10.9. The Hall–Kier alpha value is -0.740. The molecule has 0 aliphatic heterocycles. The zero-order valence-corrected chi connectivity index (χ0v) is 15.5. The number of rotatable bonds is 22. The smallest absolute Gasteiger partial charge is 0.111 e. The summed E-state index contributed by atoms with van der Waals surface area (Å²) in [4.78, 5) is 0. The van der Waals surface area contributed by atoms with Gasteiger partial charge in [0, 0.05) is 6.54 Å². The first-order chi connectivity index (χ1) is 12.4. The van der Waals surface area contributed by atoms with Gasteiger partial charge in [-0.2, -0.15) is 0 Å². The number of ether oxygens (including phenoxy) is 7. The van der Waals surface area contributed by atoms with Crippen LogP contribution < -0.4 is 5.32 Å². The molecular formula is C17H35NO7. The monoisotopic (exact) mass is 365 g/mol. The van der Waals surface area contributed by atoms with Crippen molar-refractivity contribution in [3.05, 3.63) is 12.8 Å². The second-order valence-corrected chi connectivity index (χ2v) is 4.82. The van der Waals surface area contributed by atoms with Crippen LogP contribution in [-0.2, 0) is 33.2 Å². The van der Waals surface area contributed by atoms with Crippen molar-refractivity contribution >= 4 is 0 Å². The Balaban J connectivity index is 2.95. The Kier molecular flexibility index (Phi) is 22.6. The van der Waals surface area contributed by atoms with Crippen LogP contribution in [0, 0.1) is 0 Å².